The van der Waals surface area contributed by atoms with Crippen molar-refractivity contribution in [1.29, 1.82) is 5.26 Å². The normalized spacial score (nSPS) is 10.7. The van der Waals surface area contributed by atoms with E-state index in [9.17, 15) is 5.26 Å². The van der Waals surface area contributed by atoms with Crippen LogP contribution in [0.1, 0.15) is 18.2 Å². The number of aryl methyl sites for hydroxylation is 1. The number of rotatable bonds is 4. The zero-order chi connectivity index (χ0) is 14.5. The third-order valence-electron chi connectivity index (χ3n) is 2.93. The highest BCUT2D eigenvalue weighted by molar-refractivity contribution is 5.64. The topological polar surface area (TPSA) is 70.1 Å². The van der Waals surface area contributed by atoms with Gasteiger partial charge in [0.1, 0.15) is 12.4 Å². The van der Waals surface area contributed by atoms with Crippen molar-refractivity contribution < 1.29 is 0 Å². The molecule has 0 bridgehead atoms. The van der Waals surface area contributed by atoms with Gasteiger partial charge < -0.3 is 4.90 Å². The summed E-state index contributed by atoms with van der Waals surface area (Å²) in [6, 6.07) is 3.90. The highest BCUT2D eigenvalue weighted by atomic mass is 15.1. The maximum atomic E-state index is 9.27. The summed E-state index contributed by atoms with van der Waals surface area (Å²) in [6.07, 6.45) is 6.77. The summed E-state index contributed by atoms with van der Waals surface area (Å²) < 4.78 is 1.72. The fraction of sp³-hybridized carbons (Fsp3) is 0.286. The Bertz CT molecular complexity index is 651. The highest BCUT2D eigenvalue weighted by Crippen LogP contribution is 2.22. The lowest BCUT2D eigenvalue weighted by Gasteiger charge is -2.10. The molecule has 0 aliphatic heterocycles. The van der Waals surface area contributed by atoms with Gasteiger partial charge in [-0.05, 0) is 19.9 Å². The lowest BCUT2D eigenvalue weighted by molar-refractivity contribution is 0.552. The van der Waals surface area contributed by atoms with E-state index in [4.69, 9.17) is 0 Å². The average molecular weight is 268 g/mol. The van der Waals surface area contributed by atoms with Crippen molar-refractivity contribution in [2.45, 2.75) is 13.8 Å². The second kappa shape index (κ2) is 5.97. The minimum atomic E-state index is 0.472. The van der Waals surface area contributed by atoms with E-state index in [1.807, 2.05) is 25.8 Å². The second-order valence-electron chi connectivity index (χ2n) is 4.36. The molecule has 6 nitrogen and oxygen atoms in total. The number of nitriles is 1. The quantitative estimate of drug-likeness (QED) is 0.628. The predicted octanol–water partition coefficient (Wildman–Crippen LogP) is 2.06. The molecule has 2 aromatic heterocycles. The van der Waals surface area contributed by atoms with E-state index in [-0.39, 0.29) is 0 Å². The van der Waals surface area contributed by atoms with Gasteiger partial charge >= 0.3 is 0 Å². The van der Waals surface area contributed by atoms with E-state index in [0.717, 1.165) is 12.2 Å². The minimum absolute atomic E-state index is 0.472. The van der Waals surface area contributed by atoms with E-state index >= 15 is 0 Å². The summed E-state index contributed by atoms with van der Waals surface area (Å²) in [4.78, 5) is 14.8. The Morgan fingerprint density at radius 2 is 2.35 bits per heavy atom. The van der Waals surface area contributed by atoms with E-state index in [1.54, 1.807) is 35.7 Å². The molecule has 2 rings (SSSR count). The molecular weight excluding hydrogens is 252 g/mol. The first-order chi connectivity index (χ1) is 9.65. The average Bonchev–Trinajstić information content (AvgIpc) is 2.99. The molecule has 0 aliphatic carbocycles. The Kier molecular flexibility index (Phi) is 4.11. The first kappa shape index (κ1) is 13.7. The molecule has 0 N–H and O–H groups in total. The van der Waals surface area contributed by atoms with Gasteiger partial charge in [-0.1, -0.05) is 0 Å². The van der Waals surface area contributed by atoms with Crippen molar-refractivity contribution in [1.82, 2.24) is 19.4 Å². The number of hydrogen-bond acceptors (Lipinski definition) is 4. The SMILES string of the molecule is CCN(C)/C=N/c1cc(C#N)c(-n2ccnc2)nc1C. The van der Waals surface area contributed by atoms with Crippen molar-refractivity contribution in [2.24, 2.45) is 4.99 Å². The zero-order valence-corrected chi connectivity index (χ0v) is 11.8. The molecule has 0 fully saturated rings. The molecule has 0 aliphatic rings. The van der Waals surface area contributed by atoms with Crippen LogP contribution < -0.4 is 0 Å². The number of aliphatic imine (C=N–C) groups is 1. The maximum absolute atomic E-state index is 9.27. The van der Waals surface area contributed by atoms with Crippen LogP contribution in [0.4, 0.5) is 5.69 Å². The van der Waals surface area contributed by atoms with E-state index in [2.05, 4.69) is 21.0 Å². The minimum Gasteiger partial charge on any atom is -0.366 e. The van der Waals surface area contributed by atoms with Gasteiger partial charge in [-0.25, -0.2) is 15.0 Å². The van der Waals surface area contributed by atoms with Crippen LogP contribution in [0.2, 0.25) is 0 Å². The first-order valence-corrected chi connectivity index (χ1v) is 6.30. The lowest BCUT2D eigenvalue weighted by Crippen LogP contribution is -2.14. The molecule has 0 aromatic carbocycles. The Morgan fingerprint density at radius 3 is 2.95 bits per heavy atom. The van der Waals surface area contributed by atoms with Gasteiger partial charge in [0.15, 0.2) is 5.82 Å². The molecule has 0 spiro atoms. The zero-order valence-electron chi connectivity index (χ0n) is 11.8. The number of nitrogens with zero attached hydrogens (tertiary/aromatic N) is 6. The maximum Gasteiger partial charge on any atom is 0.156 e. The molecule has 0 amide bonds. The second-order valence-corrected chi connectivity index (χ2v) is 4.36. The molecule has 0 saturated carbocycles. The van der Waals surface area contributed by atoms with E-state index in [0.29, 0.717) is 17.1 Å². The van der Waals surface area contributed by atoms with Gasteiger partial charge in [0.25, 0.3) is 0 Å². The molecule has 0 radical (unpaired) electrons. The Balaban J connectivity index is 2.44. The first-order valence-electron chi connectivity index (χ1n) is 6.30. The van der Waals surface area contributed by atoms with E-state index < -0.39 is 0 Å². The van der Waals surface area contributed by atoms with Gasteiger partial charge in [-0.2, -0.15) is 5.26 Å². The summed E-state index contributed by atoms with van der Waals surface area (Å²) in [5.41, 5.74) is 1.94. The van der Waals surface area contributed by atoms with Gasteiger partial charge in [0.2, 0.25) is 0 Å². The molecule has 2 aromatic rings. The largest absolute Gasteiger partial charge is 0.366 e. The Hall–Kier alpha value is -2.68. The standard InChI is InChI=1S/C14H16N6/c1-4-19(3)10-17-13-7-12(8-15)14(18-11(13)2)20-6-5-16-9-20/h5-7,9-10H,4H2,1-3H3/b17-10+. The van der Waals surface area contributed by atoms with Crippen molar-refractivity contribution >= 4 is 12.0 Å². The fourth-order valence-electron chi connectivity index (χ4n) is 1.62. The summed E-state index contributed by atoms with van der Waals surface area (Å²) in [5, 5.41) is 9.27. The van der Waals surface area contributed by atoms with Crippen LogP contribution in [-0.4, -0.2) is 39.4 Å². The van der Waals surface area contributed by atoms with Gasteiger partial charge in [0.05, 0.1) is 23.3 Å². The van der Waals surface area contributed by atoms with Crippen LogP contribution in [0.25, 0.3) is 5.82 Å². The molecule has 102 valence electrons. The fourth-order valence-corrected chi connectivity index (χ4v) is 1.62. The molecule has 20 heavy (non-hydrogen) atoms. The molecule has 0 atom stereocenters. The van der Waals surface area contributed by atoms with Gasteiger partial charge in [0, 0.05) is 26.0 Å². The monoisotopic (exact) mass is 268 g/mol. The third-order valence-corrected chi connectivity index (χ3v) is 2.93. The van der Waals surface area contributed by atoms with Crippen molar-refractivity contribution in [3.63, 3.8) is 0 Å². The van der Waals surface area contributed by atoms with Crippen LogP contribution >= 0.6 is 0 Å². The van der Waals surface area contributed by atoms with Crippen LogP contribution in [0, 0.1) is 18.3 Å². The summed E-state index contributed by atoms with van der Waals surface area (Å²) >= 11 is 0. The van der Waals surface area contributed by atoms with Crippen LogP contribution in [-0.2, 0) is 0 Å². The summed E-state index contributed by atoms with van der Waals surface area (Å²) in [7, 11) is 1.94. The molecular formula is C14H16N6. The van der Waals surface area contributed by atoms with Crippen LogP contribution in [0.15, 0.2) is 29.8 Å². The Morgan fingerprint density at radius 1 is 1.55 bits per heavy atom. The molecule has 6 heteroatoms. The van der Waals surface area contributed by atoms with Crippen molar-refractivity contribution in [2.75, 3.05) is 13.6 Å². The van der Waals surface area contributed by atoms with Gasteiger partial charge in [-0.15, -0.1) is 0 Å². The number of pyridine rings is 1. The number of aromatic nitrogens is 3. The van der Waals surface area contributed by atoms with Gasteiger partial charge in [-0.3, -0.25) is 4.57 Å². The van der Waals surface area contributed by atoms with Crippen LogP contribution in [0.5, 0.6) is 0 Å². The van der Waals surface area contributed by atoms with Crippen molar-refractivity contribution in [3.05, 3.63) is 36.0 Å². The number of hydrogen-bond donors (Lipinski definition) is 0. The summed E-state index contributed by atoms with van der Waals surface area (Å²) in [6.45, 7) is 4.79. The lowest BCUT2D eigenvalue weighted by atomic mass is 10.2. The molecule has 0 unspecified atom stereocenters. The predicted molar refractivity (Wildman–Crippen MR) is 77.3 cm³/mol. The molecule has 0 saturated heterocycles. The van der Waals surface area contributed by atoms with Crippen molar-refractivity contribution in [3.8, 4) is 11.9 Å². The smallest absolute Gasteiger partial charge is 0.156 e. The third kappa shape index (κ3) is 2.83. The Labute approximate surface area is 118 Å². The highest BCUT2D eigenvalue weighted by Gasteiger charge is 2.10. The number of imidazole rings is 1. The molecule has 2 heterocycles. The van der Waals surface area contributed by atoms with E-state index in [1.165, 1.54) is 0 Å². The van der Waals surface area contributed by atoms with Crippen LogP contribution in [0.3, 0.4) is 0 Å². The summed E-state index contributed by atoms with van der Waals surface area (Å²) in [5.74, 6) is 0.574.